The van der Waals surface area contributed by atoms with Crippen molar-refractivity contribution in [2.45, 2.75) is 64.3 Å². The highest BCUT2D eigenvalue weighted by molar-refractivity contribution is 5.99. The van der Waals surface area contributed by atoms with Crippen LogP contribution in [0.3, 0.4) is 0 Å². The fourth-order valence-electron chi connectivity index (χ4n) is 4.73. The molecule has 1 saturated heterocycles. The summed E-state index contributed by atoms with van der Waals surface area (Å²) < 4.78 is 11.4. The average molecular weight is 483 g/mol. The van der Waals surface area contributed by atoms with E-state index in [-0.39, 0.29) is 17.9 Å². The fourth-order valence-corrected chi connectivity index (χ4v) is 4.73. The van der Waals surface area contributed by atoms with Gasteiger partial charge in [0, 0.05) is 24.3 Å². The number of amides is 1. The van der Waals surface area contributed by atoms with Gasteiger partial charge in [0.15, 0.2) is 23.4 Å². The molecule has 3 aliphatic heterocycles. The molecule has 4 rings (SSSR count). The highest BCUT2D eigenvalue weighted by atomic mass is 16.6. The Balaban J connectivity index is 1.37. The molecule has 1 radical (unpaired) electrons. The molecule has 1 amide bonds. The van der Waals surface area contributed by atoms with Crippen molar-refractivity contribution in [3.63, 3.8) is 0 Å². The topological polar surface area (TPSA) is 94.0 Å². The molecule has 2 N–H and O–H groups in total. The summed E-state index contributed by atoms with van der Waals surface area (Å²) in [6, 6.07) is 5.68. The van der Waals surface area contributed by atoms with Crippen LogP contribution in [0.4, 0.5) is 0 Å². The van der Waals surface area contributed by atoms with Gasteiger partial charge < -0.3 is 19.7 Å². The van der Waals surface area contributed by atoms with E-state index in [1.54, 1.807) is 0 Å². The van der Waals surface area contributed by atoms with Crippen molar-refractivity contribution >= 4 is 23.2 Å². The molecule has 0 aliphatic carbocycles. The third kappa shape index (κ3) is 6.84. The zero-order valence-electron chi connectivity index (χ0n) is 21.0. The SMILES string of the molecule is CCC(=O)CCCCC[C@H](NC(=O)C1CCN(C)CC1)C1=[N+]C=C(c2ccc3c(c2)OCCO3)N1. The van der Waals surface area contributed by atoms with Crippen molar-refractivity contribution in [1.29, 1.82) is 0 Å². The minimum absolute atomic E-state index is 0.0445. The van der Waals surface area contributed by atoms with E-state index in [1.165, 1.54) is 0 Å². The highest BCUT2D eigenvalue weighted by Gasteiger charge is 2.33. The van der Waals surface area contributed by atoms with E-state index in [1.807, 2.05) is 31.3 Å². The molecule has 3 aliphatic rings. The molecule has 3 heterocycles. The van der Waals surface area contributed by atoms with Crippen LogP contribution < -0.4 is 25.1 Å². The molecule has 0 saturated carbocycles. The molecule has 8 heteroatoms. The molecular weight excluding hydrogens is 444 g/mol. The number of hydrogen-bond donors (Lipinski definition) is 2. The highest BCUT2D eigenvalue weighted by Crippen LogP contribution is 2.32. The van der Waals surface area contributed by atoms with Gasteiger partial charge in [-0.2, -0.15) is 0 Å². The Labute approximate surface area is 208 Å². The number of carbonyl (C=O) groups is 2. The molecule has 1 aromatic rings. The van der Waals surface area contributed by atoms with Crippen molar-refractivity contribution in [2.75, 3.05) is 33.4 Å². The Morgan fingerprint density at radius 2 is 1.91 bits per heavy atom. The summed E-state index contributed by atoms with van der Waals surface area (Å²) >= 11 is 0. The number of likely N-dealkylation sites (tertiary alicyclic amines) is 1. The van der Waals surface area contributed by atoms with E-state index in [9.17, 15) is 9.59 Å². The minimum atomic E-state index is -0.185. The first-order valence-corrected chi connectivity index (χ1v) is 13.0. The lowest BCUT2D eigenvalue weighted by atomic mass is 9.95. The van der Waals surface area contributed by atoms with Crippen molar-refractivity contribution in [1.82, 2.24) is 20.5 Å². The van der Waals surface area contributed by atoms with Gasteiger partial charge in [-0.3, -0.25) is 9.59 Å². The first kappa shape index (κ1) is 25.2. The minimum Gasteiger partial charge on any atom is -0.486 e. The number of fused-ring (bicyclic) bond motifs is 1. The Morgan fingerprint density at radius 1 is 1.14 bits per heavy atom. The van der Waals surface area contributed by atoms with Crippen LogP contribution in [0.2, 0.25) is 0 Å². The summed E-state index contributed by atoms with van der Waals surface area (Å²) in [5.41, 5.74) is 1.84. The van der Waals surface area contributed by atoms with Crippen LogP contribution in [0.5, 0.6) is 11.5 Å². The van der Waals surface area contributed by atoms with Gasteiger partial charge in [0.1, 0.15) is 25.0 Å². The maximum absolute atomic E-state index is 13.1. The lowest BCUT2D eigenvalue weighted by molar-refractivity contribution is -0.126. The standard InChI is InChI=1S/C27H38N4O4/c1-3-21(32)7-5-4-6-8-22(30-27(33)19-11-13-31(2)14-12-19)26-28-18-23(29-26)20-9-10-24-25(17-20)35-16-15-34-24/h9-10,17-19,22,29H,3-8,11-16H2,1-2H3,(H,30,33)/q+1/t22-/m0/s1. The Bertz CT molecular complexity index is 966. The van der Waals surface area contributed by atoms with Gasteiger partial charge in [-0.05, 0) is 69.0 Å². The predicted octanol–water partition coefficient (Wildman–Crippen LogP) is 2.85. The van der Waals surface area contributed by atoms with Crippen molar-refractivity contribution in [2.24, 2.45) is 5.92 Å². The van der Waals surface area contributed by atoms with Gasteiger partial charge >= 0.3 is 5.84 Å². The van der Waals surface area contributed by atoms with Gasteiger partial charge in [0.25, 0.3) is 0 Å². The van der Waals surface area contributed by atoms with Crippen LogP contribution >= 0.6 is 0 Å². The summed E-state index contributed by atoms with van der Waals surface area (Å²) in [6.45, 7) is 4.91. The molecular formula is C27H38N4O4+. The van der Waals surface area contributed by atoms with Crippen molar-refractivity contribution in [3.05, 3.63) is 30.0 Å². The molecule has 189 valence electrons. The average Bonchev–Trinajstić information content (AvgIpc) is 3.38. The number of amidine groups is 1. The zero-order chi connectivity index (χ0) is 24.6. The number of ether oxygens (including phenoxy) is 2. The number of carbonyl (C=O) groups excluding carboxylic acids is 2. The number of piperidine rings is 1. The van der Waals surface area contributed by atoms with Gasteiger partial charge in [-0.1, -0.05) is 19.8 Å². The van der Waals surface area contributed by atoms with E-state index < -0.39 is 0 Å². The summed E-state index contributed by atoms with van der Waals surface area (Å²) in [7, 11) is 2.10. The van der Waals surface area contributed by atoms with Crippen LogP contribution in [0.25, 0.3) is 5.70 Å². The largest absolute Gasteiger partial charge is 0.486 e. The smallest absolute Gasteiger partial charge is 0.319 e. The second-order valence-electron chi connectivity index (χ2n) is 9.67. The molecule has 8 nitrogen and oxygen atoms in total. The number of benzene rings is 1. The van der Waals surface area contributed by atoms with Crippen molar-refractivity contribution in [3.8, 4) is 11.5 Å². The number of rotatable bonds is 11. The summed E-state index contributed by atoms with van der Waals surface area (Å²) in [4.78, 5) is 31.6. The lowest BCUT2D eigenvalue weighted by Crippen LogP contribution is -2.49. The lowest BCUT2D eigenvalue weighted by Gasteiger charge is -2.29. The fraction of sp³-hybridized carbons (Fsp3) is 0.593. The molecule has 0 bridgehead atoms. The summed E-state index contributed by atoms with van der Waals surface area (Å²) in [5, 5.41) is 6.72. The Kier molecular flexibility index (Phi) is 8.79. The maximum Gasteiger partial charge on any atom is 0.319 e. The third-order valence-electron chi connectivity index (χ3n) is 7.03. The Morgan fingerprint density at radius 3 is 2.69 bits per heavy atom. The van der Waals surface area contributed by atoms with Gasteiger partial charge in [-0.25, -0.2) is 5.32 Å². The molecule has 0 spiro atoms. The van der Waals surface area contributed by atoms with E-state index in [4.69, 9.17) is 9.47 Å². The predicted molar refractivity (Wildman–Crippen MR) is 136 cm³/mol. The van der Waals surface area contributed by atoms with E-state index >= 15 is 0 Å². The first-order chi connectivity index (χ1) is 17.0. The number of nitrogens with one attached hydrogen (secondary N) is 2. The maximum atomic E-state index is 13.1. The van der Waals surface area contributed by atoms with Crippen molar-refractivity contribution < 1.29 is 19.1 Å². The second kappa shape index (κ2) is 12.2. The van der Waals surface area contributed by atoms with Gasteiger partial charge in [0.05, 0.1) is 0 Å². The normalized spacial score (nSPS) is 18.9. The first-order valence-electron chi connectivity index (χ1n) is 13.0. The molecule has 1 fully saturated rings. The van der Waals surface area contributed by atoms with Gasteiger partial charge in [-0.15, -0.1) is 0 Å². The number of unbranched alkanes of at least 4 members (excludes halogenated alkanes) is 2. The number of ketones is 1. The number of Topliss-reactive ketones (excluding diaryl/α,β-unsaturated/α-hetero) is 1. The van der Waals surface area contributed by atoms with E-state index in [0.717, 1.165) is 80.2 Å². The second-order valence-corrected chi connectivity index (χ2v) is 9.67. The quantitative estimate of drug-likeness (QED) is 0.471. The number of nitrogens with zero attached hydrogens (tertiary/aromatic N) is 2. The summed E-state index contributed by atoms with van der Waals surface area (Å²) in [5.74, 6) is 2.72. The molecule has 0 aromatic heterocycles. The van der Waals surface area contributed by atoms with Crippen LogP contribution in [-0.2, 0) is 9.59 Å². The molecule has 35 heavy (non-hydrogen) atoms. The van der Waals surface area contributed by atoms with E-state index in [0.29, 0.717) is 31.8 Å². The zero-order valence-corrected chi connectivity index (χ0v) is 21.0. The third-order valence-corrected chi connectivity index (χ3v) is 7.03. The Hall–Kier alpha value is -2.87. The molecule has 0 unspecified atom stereocenters. The van der Waals surface area contributed by atoms with Crippen LogP contribution in [0.15, 0.2) is 24.4 Å². The molecule has 1 atom stereocenters. The van der Waals surface area contributed by atoms with Crippen LogP contribution in [0.1, 0.15) is 63.9 Å². The monoisotopic (exact) mass is 482 g/mol. The van der Waals surface area contributed by atoms with Crippen LogP contribution in [-0.4, -0.2) is 61.8 Å². The van der Waals surface area contributed by atoms with Crippen LogP contribution in [0, 0.1) is 5.92 Å². The number of aliphatic imine (C=N–C) groups is 1. The van der Waals surface area contributed by atoms with Gasteiger partial charge in [0.2, 0.25) is 5.91 Å². The summed E-state index contributed by atoms with van der Waals surface area (Å²) in [6.07, 6.45) is 8.38. The number of hydrogen-bond acceptors (Lipinski definition) is 7. The van der Waals surface area contributed by atoms with E-state index in [2.05, 4.69) is 27.6 Å². The molecule has 1 aromatic carbocycles.